The van der Waals surface area contributed by atoms with Gasteiger partial charge in [0.05, 0.1) is 6.33 Å². The maximum atomic E-state index is 5.45. The summed E-state index contributed by atoms with van der Waals surface area (Å²) in [5, 5.41) is 7.23. The highest BCUT2D eigenvalue weighted by Gasteiger charge is 2.07. The molecule has 0 radical (unpaired) electrons. The van der Waals surface area contributed by atoms with Gasteiger partial charge in [-0.3, -0.25) is 0 Å². The molecule has 0 aromatic carbocycles. The van der Waals surface area contributed by atoms with E-state index in [1.54, 1.807) is 0 Å². The molecule has 0 aliphatic heterocycles. The van der Waals surface area contributed by atoms with Crippen molar-refractivity contribution in [1.82, 2.24) is 24.7 Å². The zero-order valence-electron chi connectivity index (χ0n) is 9.21. The number of nitrogens with two attached hydrogens (primary N) is 1. The number of aromatic nitrogens is 5. The molecule has 0 bridgehead atoms. The molecule has 0 aliphatic rings. The number of nitrogens with zero attached hydrogens (tertiary/aromatic N) is 4. The van der Waals surface area contributed by atoms with Gasteiger partial charge in [-0.1, -0.05) is 11.8 Å². The molecule has 0 amide bonds. The van der Waals surface area contributed by atoms with Crippen LogP contribution in [-0.4, -0.2) is 24.7 Å². The zero-order valence-corrected chi connectivity index (χ0v) is 10.0. The molecular weight excluding hydrogens is 224 g/mol. The monoisotopic (exact) mass is 238 g/mol. The average Bonchev–Trinajstić information content (AvgIpc) is 2.83. The minimum Gasteiger partial charge on any atom is -0.368 e. The van der Waals surface area contributed by atoms with Crippen molar-refractivity contribution in [3.05, 3.63) is 18.2 Å². The lowest BCUT2D eigenvalue weighted by molar-refractivity contribution is 0.584. The Kier molecular flexibility index (Phi) is 3.14. The van der Waals surface area contributed by atoms with Crippen molar-refractivity contribution in [3.8, 4) is 0 Å². The largest absolute Gasteiger partial charge is 0.368 e. The van der Waals surface area contributed by atoms with Crippen LogP contribution in [0.25, 0.3) is 0 Å². The van der Waals surface area contributed by atoms with Gasteiger partial charge < -0.3 is 10.3 Å². The molecule has 0 spiro atoms. The maximum Gasteiger partial charge on any atom is 0.216 e. The number of H-pyrrole nitrogens is 1. The van der Waals surface area contributed by atoms with Gasteiger partial charge in [-0.25, -0.2) is 10.1 Å². The van der Waals surface area contributed by atoms with Crippen molar-refractivity contribution < 1.29 is 0 Å². The standard InChI is InChI=1S/C9H14N6S/c1-6(2)15-5-11-3-7(15)4-16-9-12-8(10)13-14-9/h3,5-6H,4H2,1-2H3,(H3,10,12,13,14). The van der Waals surface area contributed by atoms with Crippen LogP contribution in [0.4, 0.5) is 5.95 Å². The number of hydrogen-bond acceptors (Lipinski definition) is 5. The van der Waals surface area contributed by atoms with Crippen molar-refractivity contribution in [2.75, 3.05) is 5.73 Å². The molecule has 0 fully saturated rings. The molecule has 0 aliphatic carbocycles. The summed E-state index contributed by atoms with van der Waals surface area (Å²) in [6, 6.07) is 0.412. The van der Waals surface area contributed by atoms with Crippen molar-refractivity contribution >= 4 is 17.7 Å². The summed E-state index contributed by atoms with van der Waals surface area (Å²) in [7, 11) is 0. The Morgan fingerprint density at radius 1 is 1.56 bits per heavy atom. The van der Waals surface area contributed by atoms with Crippen molar-refractivity contribution in [2.45, 2.75) is 30.8 Å². The summed E-state index contributed by atoms with van der Waals surface area (Å²) in [5.74, 6) is 1.13. The third-order valence-electron chi connectivity index (χ3n) is 2.13. The lowest BCUT2D eigenvalue weighted by Crippen LogP contribution is -2.03. The van der Waals surface area contributed by atoms with E-state index in [1.165, 1.54) is 11.8 Å². The smallest absolute Gasteiger partial charge is 0.216 e. The third-order valence-corrected chi connectivity index (χ3v) is 3.01. The quantitative estimate of drug-likeness (QED) is 0.787. The summed E-state index contributed by atoms with van der Waals surface area (Å²) in [6.07, 6.45) is 3.70. The van der Waals surface area contributed by atoms with E-state index in [2.05, 4.69) is 38.6 Å². The SMILES string of the molecule is CC(C)n1cncc1CSc1n[nH]c(N)n1. The van der Waals surface area contributed by atoms with Gasteiger partial charge in [0.1, 0.15) is 0 Å². The first-order valence-electron chi connectivity index (χ1n) is 4.98. The molecule has 2 heterocycles. The molecule has 0 unspecified atom stereocenters. The summed E-state index contributed by atoms with van der Waals surface area (Å²) < 4.78 is 2.13. The summed E-state index contributed by atoms with van der Waals surface area (Å²) in [6.45, 7) is 4.25. The van der Waals surface area contributed by atoms with Gasteiger partial charge >= 0.3 is 0 Å². The highest BCUT2D eigenvalue weighted by Crippen LogP contribution is 2.20. The van der Waals surface area contributed by atoms with Gasteiger partial charge in [0.2, 0.25) is 11.1 Å². The van der Waals surface area contributed by atoms with Crippen LogP contribution in [-0.2, 0) is 5.75 Å². The normalized spacial score (nSPS) is 11.2. The number of rotatable bonds is 4. The minimum atomic E-state index is 0.347. The molecule has 2 rings (SSSR count). The van der Waals surface area contributed by atoms with E-state index in [0.717, 1.165) is 11.4 Å². The van der Waals surface area contributed by atoms with Crippen molar-refractivity contribution in [3.63, 3.8) is 0 Å². The summed E-state index contributed by atoms with van der Waals surface area (Å²) >= 11 is 1.54. The molecule has 0 saturated heterocycles. The molecule has 2 aromatic rings. The Balaban J connectivity index is 2.02. The molecule has 6 nitrogen and oxygen atoms in total. The van der Waals surface area contributed by atoms with E-state index >= 15 is 0 Å². The second-order valence-electron chi connectivity index (χ2n) is 3.68. The van der Waals surface area contributed by atoms with Crippen LogP contribution in [0.5, 0.6) is 0 Å². The summed E-state index contributed by atoms with van der Waals surface area (Å²) in [5.41, 5.74) is 6.60. The minimum absolute atomic E-state index is 0.347. The predicted molar refractivity (Wildman–Crippen MR) is 63.0 cm³/mol. The lowest BCUT2D eigenvalue weighted by Gasteiger charge is -2.10. The van der Waals surface area contributed by atoms with Gasteiger partial charge in [0.15, 0.2) is 0 Å². The Bertz CT molecular complexity index is 460. The average molecular weight is 238 g/mol. The Hall–Kier alpha value is -1.50. The highest BCUT2D eigenvalue weighted by molar-refractivity contribution is 7.98. The van der Waals surface area contributed by atoms with Gasteiger partial charge in [-0.15, -0.1) is 5.10 Å². The fourth-order valence-corrected chi connectivity index (χ4v) is 2.14. The van der Waals surface area contributed by atoms with Crippen LogP contribution in [0.3, 0.4) is 0 Å². The lowest BCUT2D eigenvalue weighted by atomic mass is 10.4. The number of thioether (sulfide) groups is 1. The van der Waals surface area contributed by atoms with E-state index < -0.39 is 0 Å². The topological polar surface area (TPSA) is 85.4 Å². The number of nitrogens with one attached hydrogen (secondary N) is 1. The first-order valence-corrected chi connectivity index (χ1v) is 5.96. The summed E-state index contributed by atoms with van der Waals surface area (Å²) in [4.78, 5) is 8.17. The van der Waals surface area contributed by atoms with Gasteiger partial charge in [0.25, 0.3) is 0 Å². The first-order chi connectivity index (χ1) is 7.66. The van der Waals surface area contributed by atoms with E-state index in [-0.39, 0.29) is 0 Å². The van der Waals surface area contributed by atoms with Crippen molar-refractivity contribution in [2.24, 2.45) is 0 Å². The number of aromatic amines is 1. The molecule has 7 heteroatoms. The Labute approximate surface area is 97.7 Å². The fourth-order valence-electron chi connectivity index (χ4n) is 1.37. The van der Waals surface area contributed by atoms with Crippen LogP contribution in [0.2, 0.25) is 0 Å². The Morgan fingerprint density at radius 3 is 3.00 bits per heavy atom. The maximum absolute atomic E-state index is 5.45. The van der Waals surface area contributed by atoms with E-state index in [4.69, 9.17) is 5.73 Å². The van der Waals surface area contributed by atoms with Crippen LogP contribution in [0.15, 0.2) is 17.7 Å². The third kappa shape index (κ3) is 2.35. The zero-order chi connectivity index (χ0) is 11.5. The molecule has 0 saturated carbocycles. The highest BCUT2D eigenvalue weighted by atomic mass is 32.2. The fraction of sp³-hybridized carbons (Fsp3) is 0.444. The van der Waals surface area contributed by atoms with E-state index in [0.29, 0.717) is 17.1 Å². The molecular formula is C9H14N6S. The number of imidazole rings is 1. The Morgan fingerprint density at radius 2 is 2.38 bits per heavy atom. The molecule has 16 heavy (non-hydrogen) atoms. The van der Waals surface area contributed by atoms with Crippen LogP contribution >= 0.6 is 11.8 Å². The number of anilines is 1. The van der Waals surface area contributed by atoms with Gasteiger partial charge in [-0.05, 0) is 13.8 Å². The van der Waals surface area contributed by atoms with E-state index in [1.807, 2.05) is 12.5 Å². The molecule has 3 N–H and O–H groups in total. The van der Waals surface area contributed by atoms with Crippen LogP contribution in [0, 0.1) is 0 Å². The van der Waals surface area contributed by atoms with Gasteiger partial charge in [-0.2, -0.15) is 4.98 Å². The van der Waals surface area contributed by atoms with Crippen molar-refractivity contribution in [1.29, 1.82) is 0 Å². The molecule has 2 aromatic heterocycles. The number of hydrogen-bond donors (Lipinski definition) is 2. The number of nitrogen functional groups attached to an aromatic ring is 1. The molecule has 86 valence electrons. The predicted octanol–water partition coefficient (Wildman–Crippen LogP) is 1.46. The van der Waals surface area contributed by atoms with Crippen LogP contribution < -0.4 is 5.73 Å². The first kappa shape index (κ1) is 11.0. The second kappa shape index (κ2) is 4.56. The molecule has 0 atom stereocenters. The van der Waals surface area contributed by atoms with Crippen LogP contribution in [0.1, 0.15) is 25.6 Å². The van der Waals surface area contributed by atoms with E-state index in [9.17, 15) is 0 Å². The second-order valence-corrected chi connectivity index (χ2v) is 4.62. The van der Waals surface area contributed by atoms with Gasteiger partial charge in [0, 0.05) is 23.7 Å².